The van der Waals surface area contributed by atoms with Gasteiger partial charge in [-0.15, -0.1) is 0 Å². The molecule has 1 aromatic heterocycles. The second kappa shape index (κ2) is 6.90. The lowest BCUT2D eigenvalue weighted by Gasteiger charge is -2.32. The van der Waals surface area contributed by atoms with Gasteiger partial charge in [0.15, 0.2) is 0 Å². The van der Waals surface area contributed by atoms with Gasteiger partial charge in [0.05, 0.1) is 0 Å². The summed E-state index contributed by atoms with van der Waals surface area (Å²) in [5, 5.41) is 3.52. The SMILES string of the molecule is CC(C)CNCc1cccnc1N1CCC(C)CC1. The highest BCUT2D eigenvalue weighted by Gasteiger charge is 2.18. The second-order valence-corrected chi connectivity index (χ2v) is 6.18. The van der Waals surface area contributed by atoms with Gasteiger partial charge in [-0.05, 0) is 37.3 Å². The number of nitrogens with zero attached hydrogens (tertiary/aromatic N) is 2. The molecule has 0 spiro atoms. The molecule has 0 aromatic carbocycles. The van der Waals surface area contributed by atoms with Crippen LogP contribution in [0.5, 0.6) is 0 Å². The number of nitrogens with one attached hydrogen (secondary N) is 1. The van der Waals surface area contributed by atoms with Gasteiger partial charge in [-0.25, -0.2) is 4.98 Å². The van der Waals surface area contributed by atoms with E-state index in [0.717, 1.165) is 32.1 Å². The van der Waals surface area contributed by atoms with Crippen LogP contribution < -0.4 is 10.2 Å². The van der Waals surface area contributed by atoms with Gasteiger partial charge in [-0.1, -0.05) is 26.8 Å². The third-order valence-electron chi connectivity index (χ3n) is 3.82. The molecule has 1 aliphatic rings. The monoisotopic (exact) mass is 261 g/mol. The maximum atomic E-state index is 4.61. The van der Waals surface area contributed by atoms with Crippen molar-refractivity contribution in [1.82, 2.24) is 10.3 Å². The van der Waals surface area contributed by atoms with Gasteiger partial charge in [0.1, 0.15) is 5.82 Å². The first-order chi connectivity index (χ1) is 9.16. The van der Waals surface area contributed by atoms with Crippen LogP contribution in [0, 0.1) is 11.8 Å². The number of hydrogen-bond acceptors (Lipinski definition) is 3. The van der Waals surface area contributed by atoms with Crippen LogP contribution in [0.4, 0.5) is 5.82 Å². The minimum atomic E-state index is 0.691. The molecule has 1 aromatic rings. The zero-order valence-electron chi connectivity index (χ0n) is 12.5. The molecule has 3 nitrogen and oxygen atoms in total. The van der Waals surface area contributed by atoms with Crippen LogP contribution in [0.15, 0.2) is 18.3 Å². The summed E-state index contributed by atoms with van der Waals surface area (Å²) in [6.45, 7) is 11.1. The number of hydrogen-bond donors (Lipinski definition) is 1. The largest absolute Gasteiger partial charge is 0.356 e. The summed E-state index contributed by atoms with van der Waals surface area (Å²) in [5.41, 5.74) is 1.33. The number of aromatic nitrogens is 1. The summed E-state index contributed by atoms with van der Waals surface area (Å²) in [4.78, 5) is 7.06. The summed E-state index contributed by atoms with van der Waals surface area (Å²) in [6, 6.07) is 4.25. The average molecular weight is 261 g/mol. The van der Waals surface area contributed by atoms with Crippen molar-refractivity contribution in [2.45, 2.75) is 40.2 Å². The Hall–Kier alpha value is -1.09. The van der Waals surface area contributed by atoms with E-state index >= 15 is 0 Å². The van der Waals surface area contributed by atoms with Gasteiger partial charge in [0, 0.05) is 31.4 Å². The Morgan fingerprint density at radius 3 is 2.79 bits per heavy atom. The molecular weight excluding hydrogens is 234 g/mol. The van der Waals surface area contributed by atoms with E-state index in [1.807, 2.05) is 12.3 Å². The lowest BCUT2D eigenvalue weighted by atomic mass is 9.99. The molecule has 3 heteroatoms. The Labute approximate surface area is 117 Å². The van der Waals surface area contributed by atoms with Crippen LogP contribution in [0.3, 0.4) is 0 Å². The zero-order valence-corrected chi connectivity index (χ0v) is 12.5. The molecule has 19 heavy (non-hydrogen) atoms. The van der Waals surface area contributed by atoms with Crippen LogP contribution in [0.1, 0.15) is 39.2 Å². The third kappa shape index (κ3) is 4.20. The highest BCUT2D eigenvalue weighted by Crippen LogP contribution is 2.24. The number of rotatable bonds is 5. The van der Waals surface area contributed by atoms with Gasteiger partial charge < -0.3 is 10.2 Å². The summed E-state index contributed by atoms with van der Waals surface area (Å²) < 4.78 is 0. The van der Waals surface area contributed by atoms with E-state index in [0.29, 0.717) is 5.92 Å². The maximum absolute atomic E-state index is 4.61. The number of pyridine rings is 1. The van der Waals surface area contributed by atoms with E-state index in [4.69, 9.17) is 0 Å². The molecule has 1 saturated heterocycles. The minimum absolute atomic E-state index is 0.691. The fourth-order valence-electron chi connectivity index (χ4n) is 2.57. The van der Waals surface area contributed by atoms with E-state index < -0.39 is 0 Å². The number of anilines is 1. The Morgan fingerprint density at radius 1 is 1.37 bits per heavy atom. The first kappa shape index (κ1) is 14.3. The molecule has 0 bridgehead atoms. The van der Waals surface area contributed by atoms with Crippen LogP contribution in [-0.2, 0) is 6.54 Å². The molecule has 0 atom stereocenters. The third-order valence-corrected chi connectivity index (χ3v) is 3.82. The Morgan fingerprint density at radius 2 is 2.11 bits per heavy atom. The Balaban J connectivity index is 1.99. The molecule has 1 N–H and O–H groups in total. The molecule has 2 rings (SSSR count). The van der Waals surface area contributed by atoms with Gasteiger partial charge in [0.25, 0.3) is 0 Å². The highest BCUT2D eigenvalue weighted by atomic mass is 15.2. The Bertz CT molecular complexity index is 381. The summed E-state index contributed by atoms with van der Waals surface area (Å²) in [6.07, 6.45) is 4.49. The van der Waals surface area contributed by atoms with E-state index in [1.165, 1.54) is 24.2 Å². The van der Waals surface area contributed by atoms with Crippen molar-refractivity contribution in [2.75, 3.05) is 24.5 Å². The lowest BCUT2D eigenvalue weighted by Crippen LogP contribution is -2.34. The summed E-state index contributed by atoms with van der Waals surface area (Å²) >= 11 is 0. The molecule has 0 aliphatic carbocycles. The smallest absolute Gasteiger partial charge is 0.133 e. The van der Waals surface area contributed by atoms with Crippen LogP contribution in [0.25, 0.3) is 0 Å². The highest BCUT2D eigenvalue weighted by molar-refractivity contribution is 5.47. The maximum Gasteiger partial charge on any atom is 0.133 e. The molecule has 106 valence electrons. The van der Waals surface area contributed by atoms with Gasteiger partial charge in [-0.2, -0.15) is 0 Å². The second-order valence-electron chi connectivity index (χ2n) is 6.18. The first-order valence-electron chi connectivity index (χ1n) is 7.56. The van der Waals surface area contributed by atoms with Crippen LogP contribution in [0.2, 0.25) is 0 Å². The number of piperidine rings is 1. The van der Waals surface area contributed by atoms with Gasteiger partial charge in [-0.3, -0.25) is 0 Å². The molecule has 1 aliphatic heterocycles. The van der Waals surface area contributed by atoms with E-state index in [-0.39, 0.29) is 0 Å². The Kier molecular flexibility index (Phi) is 5.20. The predicted octanol–water partition coefficient (Wildman–Crippen LogP) is 3.06. The van der Waals surface area contributed by atoms with Crippen LogP contribution >= 0.6 is 0 Å². The first-order valence-corrected chi connectivity index (χ1v) is 7.56. The quantitative estimate of drug-likeness (QED) is 0.883. The molecule has 0 radical (unpaired) electrons. The van der Waals surface area contributed by atoms with E-state index in [1.54, 1.807) is 0 Å². The fourth-order valence-corrected chi connectivity index (χ4v) is 2.57. The van der Waals surface area contributed by atoms with Crippen molar-refractivity contribution < 1.29 is 0 Å². The summed E-state index contributed by atoms with van der Waals surface area (Å²) in [7, 11) is 0. The molecule has 0 saturated carbocycles. The molecule has 0 unspecified atom stereocenters. The van der Waals surface area contributed by atoms with E-state index in [9.17, 15) is 0 Å². The molecular formula is C16H27N3. The predicted molar refractivity (Wildman–Crippen MR) is 81.4 cm³/mol. The van der Waals surface area contributed by atoms with Crippen molar-refractivity contribution in [3.8, 4) is 0 Å². The standard InChI is InChI=1S/C16H27N3/c1-13(2)11-17-12-15-5-4-8-18-16(15)19-9-6-14(3)7-10-19/h4-5,8,13-14,17H,6-7,9-12H2,1-3H3. The van der Waals surface area contributed by atoms with Crippen molar-refractivity contribution in [3.05, 3.63) is 23.9 Å². The van der Waals surface area contributed by atoms with Crippen molar-refractivity contribution in [2.24, 2.45) is 11.8 Å². The zero-order chi connectivity index (χ0) is 13.7. The van der Waals surface area contributed by atoms with Crippen LogP contribution in [-0.4, -0.2) is 24.6 Å². The average Bonchev–Trinajstić information content (AvgIpc) is 2.40. The van der Waals surface area contributed by atoms with Gasteiger partial charge in [0.2, 0.25) is 0 Å². The normalized spacial score (nSPS) is 17.2. The van der Waals surface area contributed by atoms with Gasteiger partial charge >= 0.3 is 0 Å². The van der Waals surface area contributed by atoms with Crippen molar-refractivity contribution in [1.29, 1.82) is 0 Å². The van der Waals surface area contributed by atoms with Crippen molar-refractivity contribution >= 4 is 5.82 Å². The molecule has 1 fully saturated rings. The molecule has 0 amide bonds. The fraction of sp³-hybridized carbons (Fsp3) is 0.688. The summed E-state index contributed by atoms with van der Waals surface area (Å²) in [5.74, 6) is 2.74. The topological polar surface area (TPSA) is 28.2 Å². The van der Waals surface area contributed by atoms with E-state index in [2.05, 4.69) is 42.0 Å². The molecule has 2 heterocycles. The van der Waals surface area contributed by atoms with Crippen molar-refractivity contribution in [3.63, 3.8) is 0 Å². The lowest BCUT2D eigenvalue weighted by molar-refractivity contribution is 0.435. The minimum Gasteiger partial charge on any atom is -0.356 e.